The van der Waals surface area contributed by atoms with Crippen LogP contribution in [0.3, 0.4) is 0 Å². The van der Waals surface area contributed by atoms with E-state index in [9.17, 15) is 9.18 Å². The molecule has 2 fully saturated rings. The average molecular weight is 514 g/mol. The van der Waals surface area contributed by atoms with E-state index in [1.54, 1.807) is 24.5 Å². The highest BCUT2D eigenvalue weighted by Crippen LogP contribution is 2.44. The number of rotatable bonds is 6. The van der Waals surface area contributed by atoms with Crippen LogP contribution in [0.25, 0.3) is 22.3 Å². The predicted octanol–water partition coefficient (Wildman–Crippen LogP) is 5.25. The van der Waals surface area contributed by atoms with E-state index in [0.717, 1.165) is 53.0 Å². The largest absolute Gasteiger partial charge is 0.339 e. The quantitative estimate of drug-likeness (QED) is 0.281. The van der Waals surface area contributed by atoms with E-state index in [4.69, 9.17) is 4.98 Å². The molecule has 4 unspecified atom stereocenters. The van der Waals surface area contributed by atoms with Crippen molar-refractivity contribution in [1.29, 1.82) is 0 Å². The molecule has 196 valence electrons. The van der Waals surface area contributed by atoms with Crippen LogP contribution in [0.2, 0.25) is 0 Å². The molecule has 3 aromatic heterocycles. The highest BCUT2D eigenvalue weighted by atomic mass is 19.1. The molecule has 0 spiro atoms. The third-order valence-corrected chi connectivity index (χ3v) is 7.72. The van der Waals surface area contributed by atoms with Gasteiger partial charge in [0.1, 0.15) is 11.6 Å². The number of amides is 1. The van der Waals surface area contributed by atoms with Crippen molar-refractivity contribution in [2.24, 2.45) is 11.8 Å². The summed E-state index contributed by atoms with van der Waals surface area (Å²) < 4.78 is 13.5. The zero-order chi connectivity index (χ0) is 26.2. The zero-order valence-electron chi connectivity index (χ0n) is 21.5. The number of hydrogen-bond donors (Lipinski definition) is 4. The summed E-state index contributed by atoms with van der Waals surface area (Å²) in [6.07, 6.45) is 8.92. The first kappa shape index (κ1) is 24.6. The van der Waals surface area contributed by atoms with Gasteiger partial charge in [0.25, 0.3) is 0 Å². The summed E-state index contributed by atoms with van der Waals surface area (Å²) in [5.41, 5.74) is 12.2. The third kappa shape index (κ3) is 4.91. The summed E-state index contributed by atoms with van der Waals surface area (Å²) in [4.78, 5) is 29.6. The van der Waals surface area contributed by atoms with E-state index < -0.39 is 0 Å². The van der Waals surface area contributed by atoms with Crippen LogP contribution in [-0.4, -0.2) is 31.9 Å². The van der Waals surface area contributed by atoms with Crippen molar-refractivity contribution in [3.05, 3.63) is 72.2 Å². The molecule has 1 aliphatic carbocycles. The zero-order valence-corrected chi connectivity index (χ0v) is 21.5. The minimum Gasteiger partial charge on any atom is -0.339 e. The molecule has 2 aliphatic rings. The van der Waals surface area contributed by atoms with Crippen LogP contribution < -0.4 is 16.2 Å². The van der Waals surface area contributed by atoms with Crippen molar-refractivity contribution >= 4 is 22.8 Å². The molecule has 38 heavy (non-hydrogen) atoms. The van der Waals surface area contributed by atoms with Crippen molar-refractivity contribution in [3.63, 3.8) is 0 Å². The lowest BCUT2D eigenvalue weighted by Gasteiger charge is -2.33. The van der Waals surface area contributed by atoms with Gasteiger partial charge in [0.15, 0.2) is 5.65 Å². The first-order valence-corrected chi connectivity index (χ1v) is 13.3. The topological polar surface area (TPSA) is 108 Å². The Bertz CT molecular complexity index is 1450. The van der Waals surface area contributed by atoms with Crippen LogP contribution in [0.15, 0.2) is 55.0 Å². The molecular weight excluding hydrogens is 481 g/mol. The van der Waals surface area contributed by atoms with Gasteiger partial charge in [-0.05, 0) is 72.4 Å². The van der Waals surface area contributed by atoms with E-state index in [1.807, 2.05) is 26.1 Å². The second kappa shape index (κ2) is 10.2. The molecule has 4 N–H and O–H groups in total. The van der Waals surface area contributed by atoms with Gasteiger partial charge in [-0.25, -0.2) is 19.8 Å². The Morgan fingerprint density at radius 1 is 1.13 bits per heavy atom. The van der Waals surface area contributed by atoms with E-state index in [-0.39, 0.29) is 17.8 Å². The number of nitrogens with zero attached hydrogens (tertiary/aromatic N) is 3. The number of hydrogen-bond acceptors (Lipinski definition) is 6. The van der Waals surface area contributed by atoms with E-state index in [2.05, 4.69) is 37.2 Å². The molecule has 6 rings (SSSR count). The third-order valence-electron chi connectivity index (χ3n) is 7.72. The van der Waals surface area contributed by atoms with E-state index in [0.29, 0.717) is 35.9 Å². The molecule has 9 heteroatoms. The Labute approximate surface area is 220 Å². The van der Waals surface area contributed by atoms with Gasteiger partial charge >= 0.3 is 0 Å². The monoisotopic (exact) mass is 513 g/mol. The Hall–Kier alpha value is -3.69. The second-order valence-electron chi connectivity index (χ2n) is 10.9. The number of aromatic amines is 1. The Balaban J connectivity index is 1.23. The maximum Gasteiger partial charge on any atom is 0.224 e. The number of benzene rings is 1. The number of halogens is 1. The lowest BCUT2D eigenvalue weighted by molar-refractivity contribution is -0.116. The number of H-pyrrole nitrogens is 1. The molecule has 1 saturated carbocycles. The Morgan fingerprint density at radius 3 is 2.79 bits per heavy atom. The summed E-state index contributed by atoms with van der Waals surface area (Å²) >= 11 is 0. The van der Waals surface area contributed by atoms with Crippen molar-refractivity contribution in [3.8, 4) is 11.1 Å². The SMILES string of the molecule is CC(C)CC(=O)Nc1cncc(C2CCC3NNC(c4nc5nccc(-c6ccc(F)cc6)c5[nH]4)C3C2)c1. The first-order valence-electron chi connectivity index (χ1n) is 13.3. The van der Waals surface area contributed by atoms with Crippen molar-refractivity contribution in [2.75, 3.05) is 5.32 Å². The Morgan fingerprint density at radius 2 is 1.97 bits per heavy atom. The van der Waals surface area contributed by atoms with Gasteiger partial charge in [0.2, 0.25) is 5.91 Å². The fourth-order valence-corrected chi connectivity index (χ4v) is 5.91. The number of pyridine rings is 2. The molecule has 1 aliphatic heterocycles. The van der Waals surface area contributed by atoms with Crippen LogP contribution in [-0.2, 0) is 4.79 Å². The molecule has 4 heterocycles. The number of aromatic nitrogens is 4. The first-order chi connectivity index (χ1) is 18.4. The lowest BCUT2D eigenvalue weighted by atomic mass is 9.73. The second-order valence-corrected chi connectivity index (χ2v) is 10.9. The highest BCUT2D eigenvalue weighted by Gasteiger charge is 2.42. The molecule has 8 nitrogen and oxygen atoms in total. The Kier molecular flexibility index (Phi) is 6.63. The van der Waals surface area contributed by atoms with Gasteiger partial charge in [-0.1, -0.05) is 26.0 Å². The maximum absolute atomic E-state index is 13.5. The lowest BCUT2D eigenvalue weighted by Crippen LogP contribution is -2.34. The fraction of sp³-hybridized carbons (Fsp3) is 0.379. The molecule has 1 amide bonds. The van der Waals surface area contributed by atoms with Gasteiger partial charge in [0, 0.05) is 30.4 Å². The van der Waals surface area contributed by atoms with Gasteiger partial charge in [-0.15, -0.1) is 0 Å². The summed E-state index contributed by atoms with van der Waals surface area (Å²) in [5, 5.41) is 3.00. The van der Waals surface area contributed by atoms with Crippen molar-refractivity contribution in [1.82, 2.24) is 30.8 Å². The molecule has 4 aromatic rings. The number of nitrogens with one attached hydrogen (secondary N) is 4. The molecule has 4 atom stereocenters. The van der Waals surface area contributed by atoms with Gasteiger partial charge < -0.3 is 10.3 Å². The summed E-state index contributed by atoms with van der Waals surface area (Å²) in [6.45, 7) is 4.07. The van der Waals surface area contributed by atoms with Gasteiger partial charge in [-0.2, -0.15) is 0 Å². The van der Waals surface area contributed by atoms with Crippen LogP contribution >= 0.6 is 0 Å². The van der Waals surface area contributed by atoms with E-state index >= 15 is 0 Å². The molecule has 0 radical (unpaired) electrons. The molecule has 0 bridgehead atoms. The fourth-order valence-electron chi connectivity index (χ4n) is 5.91. The van der Waals surface area contributed by atoms with Gasteiger partial charge in [0.05, 0.1) is 23.4 Å². The van der Waals surface area contributed by atoms with Crippen LogP contribution in [0, 0.1) is 17.7 Å². The smallest absolute Gasteiger partial charge is 0.224 e. The number of anilines is 1. The van der Waals surface area contributed by atoms with Crippen LogP contribution in [0.1, 0.15) is 62.9 Å². The summed E-state index contributed by atoms with van der Waals surface area (Å²) in [7, 11) is 0. The minimum atomic E-state index is -0.262. The molecular formula is C29H32FN7O. The normalized spacial score (nSPS) is 23.1. The molecule has 1 aromatic carbocycles. The highest BCUT2D eigenvalue weighted by molar-refractivity contribution is 5.91. The van der Waals surface area contributed by atoms with Gasteiger partial charge in [-0.3, -0.25) is 15.2 Å². The molecule has 1 saturated heterocycles. The predicted molar refractivity (Wildman–Crippen MR) is 144 cm³/mol. The standard InChI is InChI=1S/C29H32FN7O/c1-16(2)11-25(38)33-21-12-19(14-31-15-21)18-5-8-24-23(13-18)27(37-36-24)29-34-26-22(9-10-32-28(26)35-29)17-3-6-20(30)7-4-17/h3-4,6-7,9-10,12,14-16,18,23-24,27,36-37H,5,8,11,13H2,1-2H3,(H,33,38)(H,32,34,35). The van der Waals surface area contributed by atoms with E-state index in [1.165, 1.54) is 12.1 Å². The van der Waals surface area contributed by atoms with Crippen molar-refractivity contribution in [2.45, 2.75) is 57.5 Å². The number of carbonyl (C=O) groups is 1. The van der Waals surface area contributed by atoms with Crippen LogP contribution in [0.5, 0.6) is 0 Å². The van der Waals surface area contributed by atoms with Crippen LogP contribution in [0.4, 0.5) is 10.1 Å². The summed E-state index contributed by atoms with van der Waals surface area (Å²) in [6, 6.07) is 10.8. The number of carbonyl (C=O) groups excluding carboxylic acids is 1. The summed E-state index contributed by atoms with van der Waals surface area (Å²) in [5.74, 6) is 1.57. The number of hydrazine groups is 1. The number of imidazole rings is 1. The maximum atomic E-state index is 13.5. The average Bonchev–Trinajstić information content (AvgIpc) is 3.52. The van der Waals surface area contributed by atoms with Crippen molar-refractivity contribution < 1.29 is 9.18 Å². The minimum absolute atomic E-state index is 0.0000424. The number of fused-ring (bicyclic) bond motifs is 2.